The van der Waals surface area contributed by atoms with Gasteiger partial charge in [0, 0.05) is 38.3 Å². The first-order valence-electron chi connectivity index (χ1n) is 11.4. The number of nitrogens with one attached hydrogen (secondary N) is 1. The van der Waals surface area contributed by atoms with Crippen LogP contribution < -0.4 is 16.2 Å². The third-order valence-electron chi connectivity index (χ3n) is 6.35. The Bertz CT molecular complexity index is 909. The summed E-state index contributed by atoms with van der Waals surface area (Å²) < 4.78 is 0. The third kappa shape index (κ3) is 5.68. The van der Waals surface area contributed by atoms with E-state index in [1.807, 2.05) is 24.3 Å². The lowest BCUT2D eigenvalue weighted by Crippen LogP contribution is -2.50. The molecule has 8 nitrogen and oxygen atoms in total. The Hall–Kier alpha value is -2.42. The van der Waals surface area contributed by atoms with Gasteiger partial charge in [0.05, 0.1) is 12.2 Å². The van der Waals surface area contributed by atoms with E-state index in [2.05, 4.69) is 32.2 Å². The molecule has 3 N–H and O–H groups in total. The molecule has 0 spiro atoms. The molecule has 0 bridgehead atoms. The van der Waals surface area contributed by atoms with Crippen LogP contribution in [0.1, 0.15) is 48.0 Å². The van der Waals surface area contributed by atoms with E-state index < -0.39 is 0 Å². The maximum Gasteiger partial charge on any atom is 0.269 e. The number of hydrogen-bond acceptors (Lipinski definition) is 7. The zero-order valence-electron chi connectivity index (χ0n) is 18.6. The highest BCUT2D eigenvalue weighted by Crippen LogP contribution is 2.29. The standard InChI is InChI=1S/C23H32ClN7O/c1-29-11-13-30(14-12-29)16-17-7-9-18(10-8-17)22(32)28-31(19-5-3-2-4-6-19)21-20(24)15-26-23(25)27-21/h7-10,15,19H,2-6,11-14,16H2,1H3,(H,28,32)(H2,25,26,27). The minimum atomic E-state index is -0.185. The molecule has 0 atom stereocenters. The monoisotopic (exact) mass is 457 g/mol. The van der Waals surface area contributed by atoms with Crippen molar-refractivity contribution in [3.05, 3.63) is 46.6 Å². The molecule has 1 amide bonds. The van der Waals surface area contributed by atoms with E-state index in [0.717, 1.165) is 58.4 Å². The minimum Gasteiger partial charge on any atom is -0.368 e. The summed E-state index contributed by atoms with van der Waals surface area (Å²) in [5, 5.41) is 2.16. The van der Waals surface area contributed by atoms with Gasteiger partial charge in [-0.15, -0.1) is 0 Å². The zero-order valence-corrected chi connectivity index (χ0v) is 19.4. The van der Waals surface area contributed by atoms with E-state index >= 15 is 0 Å². The van der Waals surface area contributed by atoms with Crippen molar-refractivity contribution in [3.63, 3.8) is 0 Å². The second-order valence-electron chi connectivity index (χ2n) is 8.78. The Labute approximate surface area is 194 Å². The maximum atomic E-state index is 13.1. The molecule has 4 rings (SSSR count). The molecular weight excluding hydrogens is 426 g/mol. The van der Waals surface area contributed by atoms with Gasteiger partial charge in [-0.1, -0.05) is 43.0 Å². The lowest BCUT2D eigenvalue weighted by molar-refractivity contribution is 0.0941. The fourth-order valence-corrected chi connectivity index (χ4v) is 4.58. The van der Waals surface area contributed by atoms with E-state index in [4.69, 9.17) is 17.3 Å². The SMILES string of the molecule is CN1CCN(Cc2ccc(C(=O)NN(c3nc(N)ncc3Cl)C3CCCCC3)cc2)CC1. The molecule has 172 valence electrons. The van der Waals surface area contributed by atoms with Crippen molar-refractivity contribution < 1.29 is 4.79 Å². The third-order valence-corrected chi connectivity index (χ3v) is 6.62. The molecule has 0 unspecified atom stereocenters. The number of nitrogens with two attached hydrogens (primary N) is 1. The van der Waals surface area contributed by atoms with Crippen molar-refractivity contribution >= 4 is 29.3 Å². The predicted molar refractivity (Wildman–Crippen MR) is 127 cm³/mol. The molecule has 1 aromatic heterocycles. The number of carbonyl (C=O) groups excluding carboxylic acids is 1. The molecule has 1 aliphatic carbocycles. The molecule has 32 heavy (non-hydrogen) atoms. The summed E-state index contributed by atoms with van der Waals surface area (Å²) in [6.07, 6.45) is 6.82. The Kier molecular flexibility index (Phi) is 7.44. The predicted octanol–water partition coefficient (Wildman–Crippen LogP) is 2.94. The van der Waals surface area contributed by atoms with Gasteiger partial charge in [0.1, 0.15) is 5.02 Å². The highest BCUT2D eigenvalue weighted by Gasteiger charge is 2.27. The van der Waals surface area contributed by atoms with Crippen LogP contribution in [0.25, 0.3) is 0 Å². The second-order valence-corrected chi connectivity index (χ2v) is 9.19. The second kappa shape index (κ2) is 10.5. The van der Waals surface area contributed by atoms with Crippen LogP contribution in [0.5, 0.6) is 0 Å². The van der Waals surface area contributed by atoms with E-state index in [-0.39, 0.29) is 17.9 Å². The van der Waals surface area contributed by atoms with Crippen molar-refractivity contribution in [2.24, 2.45) is 0 Å². The van der Waals surface area contributed by atoms with Crippen LogP contribution in [0, 0.1) is 0 Å². The van der Waals surface area contributed by atoms with Crippen LogP contribution in [-0.2, 0) is 6.54 Å². The number of hydrogen-bond donors (Lipinski definition) is 2. The quantitative estimate of drug-likeness (QED) is 0.644. The van der Waals surface area contributed by atoms with Crippen LogP contribution >= 0.6 is 11.6 Å². The normalized spacial score (nSPS) is 18.4. The zero-order chi connectivity index (χ0) is 22.5. The van der Waals surface area contributed by atoms with Gasteiger partial charge in [-0.05, 0) is 37.6 Å². The van der Waals surface area contributed by atoms with Gasteiger partial charge >= 0.3 is 0 Å². The summed E-state index contributed by atoms with van der Waals surface area (Å²) in [7, 11) is 2.16. The van der Waals surface area contributed by atoms with Crippen LogP contribution in [0.2, 0.25) is 5.02 Å². The number of nitrogens with zero attached hydrogens (tertiary/aromatic N) is 5. The van der Waals surface area contributed by atoms with E-state index in [9.17, 15) is 4.79 Å². The molecule has 2 aromatic rings. The smallest absolute Gasteiger partial charge is 0.269 e. The summed E-state index contributed by atoms with van der Waals surface area (Å²) in [5.74, 6) is 0.397. The van der Waals surface area contributed by atoms with Crippen molar-refractivity contribution in [2.75, 3.05) is 44.0 Å². The van der Waals surface area contributed by atoms with Gasteiger partial charge in [-0.3, -0.25) is 20.1 Å². The molecule has 9 heteroatoms. The van der Waals surface area contributed by atoms with E-state index in [1.54, 1.807) is 5.01 Å². The van der Waals surface area contributed by atoms with Crippen molar-refractivity contribution in [1.29, 1.82) is 0 Å². The number of piperazine rings is 1. The molecule has 0 radical (unpaired) electrons. The highest BCUT2D eigenvalue weighted by atomic mass is 35.5. The number of hydrazine groups is 1. The number of aromatic nitrogens is 2. The number of anilines is 2. The fraction of sp³-hybridized carbons (Fsp3) is 0.522. The van der Waals surface area contributed by atoms with Gasteiger partial charge in [0.25, 0.3) is 5.91 Å². The lowest BCUT2D eigenvalue weighted by atomic mass is 9.95. The van der Waals surface area contributed by atoms with Crippen LogP contribution in [0.15, 0.2) is 30.5 Å². The highest BCUT2D eigenvalue weighted by molar-refractivity contribution is 6.32. The van der Waals surface area contributed by atoms with Gasteiger partial charge in [0.15, 0.2) is 5.82 Å². The molecule has 2 aliphatic rings. The van der Waals surface area contributed by atoms with Crippen molar-refractivity contribution in [1.82, 2.24) is 25.2 Å². The maximum absolute atomic E-state index is 13.1. The number of halogens is 1. The Morgan fingerprint density at radius 1 is 1.16 bits per heavy atom. The molecule has 1 aromatic carbocycles. The fourth-order valence-electron chi connectivity index (χ4n) is 4.40. The van der Waals surface area contributed by atoms with Crippen LogP contribution in [0.3, 0.4) is 0 Å². The molecule has 1 saturated heterocycles. The first-order valence-corrected chi connectivity index (χ1v) is 11.8. The summed E-state index contributed by atoms with van der Waals surface area (Å²) in [6.45, 7) is 5.22. The molecule has 2 fully saturated rings. The number of benzene rings is 1. The topological polar surface area (TPSA) is 90.6 Å². The molecule has 2 heterocycles. The number of carbonyl (C=O) groups is 1. The van der Waals surface area contributed by atoms with Crippen molar-refractivity contribution in [3.8, 4) is 0 Å². The van der Waals surface area contributed by atoms with Crippen LogP contribution in [-0.4, -0.2) is 64.9 Å². The first kappa shape index (κ1) is 22.8. The van der Waals surface area contributed by atoms with Gasteiger partial charge in [0.2, 0.25) is 5.95 Å². The van der Waals surface area contributed by atoms with Crippen LogP contribution in [0.4, 0.5) is 11.8 Å². The Balaban J connectivity index is 1.46. The van der Waals surface area contributed by atoms with Crippen molar-refractivity contribution in [2.45, 2.75) is 44.7 Å². The number of nitrogen functional groups attached to an aromatic ring is 1. The van der Waals surface area contributed by atoms with Gasteiger partial charge in [-0.25, -0.2) is 4.98 Å². The lowest BCUT2D eigenvalue weighted by Gasteiger charge is -2.35. The Morgan fingerprint density at radius 3 is 2.53 bits per heavy atom. The summed E-state index contributed by atoms with van der Waals surface area (Å²) in [4.78, 5) is 26.2. The van der Waals surface area contributed by atoms with E-state index in [1.165, 1.54) is 18.2 Å². The summed E-state index contributed by atoms with van der Waals surface area (Å²) in [5.41, 5.74) is 10.7. The number of likely N-dealkylation sites (N-methyl/N-ethyl adjacent to an activating group) is 1. The average molecular weight is 458 g/mol. The molecule has 1 saturated carbocycles. The van der Waals surface area contributed by atoms with E-state index in [0.29, 0.717) is 16.4 Å². The van der Waals surface area contributed by atoms with Gasteiger partial charge in [-0.2, -0.15) is 4.98 Å². The minimum absolute atomic E-state index is 0.121. The average Bonchev–Trinajstić information content (AvgIpc) is 2.81. The summed E-state index contributed by atoms with van der Waals surface area (Å²) in [6, 6.07) is 7.96. The molecular formula is C23H32ClN7O. The summed E-state index contributed by atoms with van der Waals surface area (Å²) >= 11 is 6.38. The largest absolute Gasteiger partial charge is 0.368 e. The van der Waals surface area contributed by atoms with Gasteiger partial charge < -0.3 is 10.6 Å². The number of amides is 1. The Morgan fingerprint density at radius 2 is 1.84 bits per heavy atom. The number of rotatable bonds is 6. The first-order chi connectivity index (χ1) is 15.5. The molecule has 1 aliphatic heterocycles.